The van der Waals surface area contributed by atoms with E-state index in [2.05, 4.69) is 52.8 Å². The first-order valence-corrected chi connectivity index (χ1v) is 7.92. The monoisotopic (exact) mass is 274 g/mol. The Bertz CT molecular complexity index is 451. The molecule has 0 bridgehead atoms. The van der Waals surface area contributed by atoms with Crippen LogP contribution in [0.3, 0.4) is 0 Å². The van der Waals surface area contributed by atoms with E-state index in [1.54, 1.807) is 6.92 Å². The molecule has 0 saturated carbocycles. The predicted octanol–water partition coefficient (Wildman–Crippen LogP) is 5.41. The van der Waals surface area contributed by atoms with Crippen LogP contribution in [-0.4, -0.2) is 5.78 Å². The molecule has 0 saturated heterocycles. The van der Waals surface area contributed by atoms with Crippen LogP contribution in [0.5, 0.6) is 0 Å². The van der Waals surface area contributed by atoms with Crippen LogP contribution in [0, 0.1) is 0 Å². The molecule has 0 fully saturated rings. The van der Waals surface area contributed by atoms with E-state index in [0.29, 0.717) is 18.1 Å². The first-order chi connectivity index (χ1) is 9.29. The summed E-state index contributed by atoms with van der Waals surface area (Å²) in [4.78, 5) is 11.3. The zero-order chi connectivity index (χ0) is 15.3. The Kier molecular flexibility index (Phi) is 5.98. The lowest BCUT2D eigenvalue weighted by atomic mass is 9.80. The van der Waals surface area contributed by atoms with Crippen molar-refractivity contribution >= 4 is 5.78 Å². The molecule has 1 unspecified atom stereocenters. The van der Waals surface area contributed by atoms with Crippen LogP contribution in [0.15, 0.2) is 18.2 Å². The number of rotatable bonds is 6. The van der Waals surface area contributed by atoms with Gasteiger partial charge in [-0.1, -0.05) is 52.8 Å². The largest absolute Gasteiger partial charge is 0.300 e. The molecule has 1 aromatic rings. The molecule has 0 N–H and O–H groups in total. The Hall–Kier alpha value is -1.11. The molecular formula is C19H30O. The first-order valence-electron chi connectivity index (χ1n) is 7.92. The average molecular weight is 274 g/mol. The predicted molar refractivity (Wildman–Crippen MR) is 87.5 cm³/mol. The topological polar surface area (TPSA) is 17.1 Å². The number of hydrogen-bond acceptors (Lipinski definition) is 1. The lowest BCUT2D eigenvalue weighted by Crippen LogP contribution is -2.13. The molecule has 0 aromatic heterocycles. The summed E-state index contributed by atoms with van der Waals surface area (Å²) in [6, 6.07) is 6.93. The number of aryl methyl sites for hydroxylation is 1. The number of carbonyl (C=O) groups is 1. The second-order valence-corrected chi connectivity index (χ2v) is 6.86. The zero-order valence-electron chi connectivity index (χ0n) is 14.0. The van der Waals surface area contributed by atoms with Crippen molar-refractivity contribution in [2.24, 2.45) is 0 Å². The van der Waals surface area contributed by atoms with Crippen molar-refractivity contribution in [3.8, 4) is 0 Å². The summed E-state index contributed by atoms with van der Waals surface area (Å²) in [5, 5.41) is 0. The molecule has 1 rings (SSSR count). The maximum Gasteiger partial charge on any atom is 0.129 e. The first kappa shape index (κ1) is 16.9. The fourth-order valence-corrected chi connectivity index (χ4v) is 2.72. The fourth-order valence-electron chi connectivity index (χ4n) is 2.72. The molecule has 20 heavy (non-hydrogen) atoms. The van der Waals surface area contributed by atoms with Crippen molar-refractivity contribution in [3.63, 3.8) is 0 Å². The third-order valence-corrected chi connectivity index (χ3v) is 4.17. The minimum atomic E-state index is 0.180. The highest BCUT2D eigenvalue weighted by Gasteiger charge is 2.19. The Balaban J connectivity index is 3.13. The molecular weight excluding hydrogens is 244 g/mol. The highest BCUT2D eigenvalue weighted by molar-refractivity contribution is 5.75. The number of ketones is 1. The summed E-state index contributed by atoms with van der Waals surface area (Å²) >= 11 is 0. The molecule has 0 heterocycles. The van der Waals surface area contributed by atoms with E-state index in [0.717, 1.165) is 19.3 Å². The quantitative estimate of drug-likeness (QED) is 0.678. The van der Waals surface area contributed by atoms with E-state index in [-0.39, 0.29) is 5.41 Å². The van der Waals surface area contributed by atoms with Gasteiger partial charge in [0.15, 0.2) is 0 Å². The highest BCUT2D eigenvalue weighted by Crippen LogP contribution is 2.32. The summed E-state index contributed by atoms with van der Waals surface area (Å²) in [5.41, 5.74) is 4.47. The van der Waals surface area contributed by atoms with Gasteiger partial charge in [0.2, 0.25) is 0 Å². The summed E-state index contributed by atoms with van der Waals surface area (Å²) in [6.45, 7) is 12.9. The van der Waals surface area contributed by atoms with E-state index in [4.69, 9.17) is 0 Å². The standard InChI is InChI=1S/C19H30O/c1-7-15(10-9-14(3)20)18-13-17(19(4,5)6)12-11-16(18)8-2/h11-13,15H,7-10H2,1-6H3. The Morgan fingerprint density at radius 2 is 1.85 bits per heavy atom. The van der Waals surface area contributed by atoms with Crippen LogP contribution < -0.4 is 0 Å². The highest BCUT2D eigenvalue weighted by atomic mass is 16.1. The molecule has 1 nitrogen and oxygen atoms in total. The van der Waals surface area contributed by atoms with E-state index >= 15 is 0 Å². The second-order valence-electron chi connectivity index (χ2n) is 6.86. The van der Waals surface area contributed by atoms with E-state index in [1.165, 1.54) is 16.7 Å². The van der Waals surface area contributed by atoms with Crippen LogP contribution >= 0.6 is 0 Å². The SMILES string of the molecule is CCc1ccc(C(C)(C)C)cc1C(CC)CCC(C)=O. The molecule has 1 heteroatoms. The van der Waals surface area contributed by atoms with E-state index in [9.17, 15) is 4.79 Å². The maximum atomic E-state index is 11.3. The molecule has 0 aliphatic carbocycles. The minimum Gasteiger partial charge on any atom is -0.300 e. The molecule has 0 aliphatic heterocycles. The molecule has 1 atom stereocenters. The molecule has 0 aliphatic rings. The van der Waals surface area contributed by atoms with Crippen molar-refractivity contribution in [3.05, 3.63) is 34.9 Å². The van der Waals surface area contributed by atoms with Crippen molar-refractivity contribution in [2.75, 3.05) is 0 Å². The molecule has 112 valence electrons. The summed E-state index contributed by atoms with van der Waals surface area (Å²) in [6.07, 6.45) is 3.85. The Morgan fingerprint density at radius 3 is 2.30 bits per heavy atom. The Labute approximate surface area is 124 Å². The number of benzene rings is 1. The second kappa shape index (κ2) is 7.06. The normalized spacial score (nSPS) is 13.3. The average Bonchev–Trinajstić information content (AvgIpc) is 2.37. The van der Waals surface area contributed by atoms with Gasteiger partial charge in [-0.15, -0.1) is 0 Å². The van der Waals surface area contributed by atoms with Crippen molar-refractivity contribution in [1.29, 1.82) is 0 Å². The van der Waals surface area contributed by atoms with Gasteiger partial charge >= 0.3 is 0 Å². The van der Waals surface area contributed by atoms with Gasteiger partial charge < -0.3 is 4.79 Å². The zero-order valence-corrected chi connectivity index (χ0v) is 14.0. The fraction of sp³-hybridized carbons (Fsp3) is 0.632. The van der Waals surface area contributed by atoms with Gasteiger partial charge in [-0.3, -0.25) is 0 Å². The van der Waals surface area contributed by atoms with Gasteiger partial charge in [0, 0.05) is 6.42 Å². The van der Waals surface area contributed by atoms with Crippen molar-refractivity contribution in [2.45, 2.75) is 78.6 Å². The van der Waals surface area contributed by atoms with E-state index < -0.39 is 0 Å². The maximum absolute atomic E-state index is 11.3. The summed E-state index contributed by atoms with van der Waals surface area (Å²) < 4.78 is 0. The summed E-state index contributed by atoms with van der Waals surface area (Å²) in [5.74, 6) is 0.810. The molecule has 0 spiro atoms. The minimum absolute atomic E-state index is 0.180. The van der Waals surface area contributed by atoms with Crippen LogP contribution in [0.2, 0.25) is 0 Å². The van der Waals surface area contributed by atoms with Crippen molar-refractivity contribution in [1.82, 2.24) is 0 Å². The summed E-state index contributed by atoms with van der Waals surface area (Å²) in [7, 11) is 0. The van der Waals surface area contributed by atoms with Gasteiger partial charge in [0.25, 0.3) is 0 Å². The third-order valence-electron chi connectivity index (χ3n) is 4.17. The molecule has 0 radical (unpaired) electrons. The van der Waals surface area contributed by atoms with Gasteiger partial charge in [0.05, 0.1) is 0 Å². The number of hydrogen-bond donors (Lipinski definition) is 0. The lowest BCUT2D eigenvalue weighted by molar-refractivity contribution is -0.117. The van der Waals surface area contributed by atoms with Gasteiger partial charge in [-0.05, 0) is 54.2 Å². The third kappa shape index (κ3) is 4.47. The molecule has 1 aromatic carbocycles. The van der Waals surface area contributed by atoms with E-state index in [1.807, 2.05) is 0 Å². The number of carbonyl (C=O) groups excluding carboxylic acids is 1. The molecule has 0 amide bonds. The van der Waals surface area contributed by atoms with Crippen LogP contribution in [0.25, 0.3) is 0 Å². The Morgan fingerprint density at radius 1 is 1.20 bits per heavy atom. The number of Topliss-reactive ketones (excluding diaryl/α,β-unsaturated/α-hetero) is 1. The van der Waals surface area contributed by atoms with Gasteiger partial charge in [-0.25, -0.2) is 0 Å². The van der Waals surface area contributed by atoms with Crippen LogP contribution in [-0.2, 0) is 16.6 Å². The smallest absolute Gasteiger partial charge is 0.129 e. The van der Waals surface area contributed by atoms with Crippen molar-refractivity contribution < 1.29 is 4.79 Å². The van der Waals surface area contributed by atoms with Crippen LogP contribution in [0.1, 0.15) is 83.4 Å². The van der Waals surface area contributed by atoms with Gasteiger partial charge in [-0.2, -0.15) is 0 Å². The lowest BCUT2D eigenvalue weighted by Gasteiger charge is -2.24. The van der Waals surface area contributed by atoms with Crippen LogP contribution in [0.4, 0.5) is 0 Å². The van der Waals surface area contributed by atoms with Gasteiger partial charge in [0.1, 0.15) is 5.78 Å².